The lowest BCUT2D eigenvalue weighted by molar-refractivity contribution is -0.124. The van der Waals surface area contributed by atoms with E-state index in [1.165, 1.54) is 19.3 Å². The van der Waals surface area contributed by atoms with E-state index in [4.69, 9.17) is 10.5 Å². The Labute approximate surface area is 126 Å². The van der Waals surface area contributed by atoms with Crippen molar-refractivity contribution in [2.24, 2.45) is 5.73 Å². The number of piperidine rings is 1. The maximum atomic E-state index is 11.9. The average Bonchev–Trinajstić information content (AvgIpc) is 2.54. The van der Waals surface area contributed by atoms with E-state index in [1.54, 1.807) is 0 Å². The predicted molar refractivity (Wildman–Crippen MR) is 82.5 cm³/mol. The van der Waals surface area contributed by atoms with Crippen molar-refractivity contribution in [3.05, 3.63) is 35.9 Å². The third-order valence-electron chi connectivity index (χ3n) is 3.67. The molecule has 1 aliphatic rings. The molecule has 1 fully saturated rings. The molecule has 5 heteroatoms. The number of benzene rings is 1. The van der Waals surface area contributed by atoms with Gasteiger partial charge >= 0.3 is 0 Å². The van der Waals surface area contributed by atoms with Crippen molar-refractivity contribution in [2.75, 3.05) is 26.4 Å². The van der Waals surface area contributed by atoms with Crippen molar-refractivity contribution < 1.29 is 9.53 Å². The minimum atomic E-state index is -0.612. The van der Waals surface area contributed by atoms with Gasteiger partial charge in [0.15, 0.2) is 0 Å². The first kappa shape index (κ1) is 15.9. The number of hydrogen-bond donors (Lipinski definition) is 2. The molecule has 1 aliphatic heterocycles. The highest BCUT2D eigenvalue weighted by Crippen LogP contribution is 2.07. The lowest BCUT2D eigenvalue weighted by Gasteiger charge is -2.27. The first-order valence-electron chi connectivity index (χ1n) is 7.63. The number of hydrogen-bond acceptors (Lipinski definition) is 4. The van der Waals surface area contributed by atoms with Crippen molar-refractivity contribution in [3.63, 3.8) is 0 Å². The first-order valence-corrected chi connectivity index (χ1v) is 7.63. The van der Waals surface area contributed by atoms with Gasteiger partial charge in [-0.25, -0.2) is 0 Å². The molecule has 0 unspecified atom stereocenters. The number of nitrogens with one attached hydrogen (secondary N) is 1. The maximum Gasteiger partial charge on any atom is 0.240 e. The molecular weight excluding hydrogens is 266 g/mol. The SMILES string of the molecule is N[C@@H](COCc1ccccc1)C(=O)NCN1CCCCC1. The molecule has 0 aromatic heterocycles. The highest BCUT2D eigenvalue weighted by molar-refractivity contribution is 5.81. The number of likely N-dealkylation sites (tertiary alicyclic amines) is 1. The molecule has 0 aliphatic carbocycles. The molecule has 5 nitrogen and oxygen atoms in total. The van der Waals surface area contributed by atoms with Crippen LogP contribution in [-0.2, 0) is 16.1 Å². The molecule has 0 spiro atoms. The minimum absolute atomic E-state index is 0.145. The summed E-state index contributed by atoms with van der Waals surface area (Å²) >= 11 is 0. The van der Waals surface area contributed by atoms with Gasteiger partial charge in [-0.3, -0.25) is 9.69 Å². The van der Waals surface area contributed by atoms with Crippen LogP contribution in [0.5, 0.6) is 0 Å². The second kappa shape index (κ2) is 8.77. The van der Waals surface area contributed by atoms with E-state index in [0.29, 0.717) is 13.3 Å². The van der Waals surface area contributed by atoms with Crippen molar-refractivity contribution in [1.82, 2.24) is 10.2 Å². The molecule has 1 atom stereocenters. The fourth-order valence-electron chi connectivity index (χ4n) is 2.39. The van der Waals surface area contributed by atoms with E-state index in [2.05, 4.69) is 10.2 Å². The summed E-state index contributed by atoms with van der Waals surface area (Å²) in [6.45, 7) is 3.42. The third kappa shape index (κ3) is 5.83. The molecule has 1 amide bonds. The summed E-state index contributed by atoms with van der Waals surface area (Å²) in [7, 11) is 0. The second-order valence-corrected chi connectivity index (χ2v) is 5.49. The van der Waals surface area contributed by atoms with Gasteiger partial charge in [-0.15, -0.1) is 0 Å². The van der Waals surface area contributed by atoms with Crippen LogP contribution in [0.3, 0.4) is 0 Å². The number of carbonyl (C=O) groups is 1. The van der Waals surface area contributed by atoms with Gasteiger partial charge in [0.05, 0.1) is 19.9 Å². The summed E-state index contributed by atoms with van der Waals surface area (Å²) < 4.78 is 5.49. The van der Waals surface area contributed by atoms with Gasteiger partial charge in [-0.1, -0.05) is 36.8 Å². The van der Waals surface area contributed by atoms with Crippen LogP contribution in [-0.4, -0.2) is 43.2 Å². The van der Waals surface area contributed by atoms with Gasteiger partial charge in [0.1, 0.15) is 6.04 Å². The fraction of sp³-hybridized carbons (Fsp3) is 0.562. The van der Waals surface area contributed by atoms with E-state index in [1.807, 2.05) is 30.3 Å². The summed E-state index contributed by atoms with van der Waals surface area (Å²) in [6.07, 6.45) is 3.71. The zero-order valence-corrected chi connectivity index (χ0v) is 12.5. The van der Waals surface area contributed by atoms with Crippen LogP contribution in [0.4, 0.5) is 0 Å². The van der Waals surface area contributed by atoms with Crippen LogP contribution in [0.2, 0.25) is 0 Å². The Kier molecular flexibility index (Phi) is 6.66. The zero-order chi connectivity index (χ0) is 14.9. The predicted octanol–water partition coefficient (Wildman–Crippen LogP) is 1.09. The van der Waals surface area contributed by atoms with Gasteiger partial charge in [0, 0.05) is 0 Å². The summed E-state index contributed by atoms with van der Waals surface area (Å²) in [5.41, 5.74) is 6.92. The van der Waals surface area contributed by atoms with Crippen LogP contribution in [0.1, 0.15) is 24.8 Å². The summed E-state index contributed by atoms with van der Waals surface area (Å²) in [6, 6.07) is 9.25. The number of nitrogens with two attached hydrogens (primary N) is 1. The van der Waals surface area contributed by atoms with Gasteiger partial charge < -0.3 is 15.8 Å². The fourth-order valence-corrected chi connectivity index (χ4v) is 2.39. The maximum absolute atomic E-state index is 11.9. The van der Waals surface area contributed by atoms with E-state index >= 15 is 0 Å². The lowest BCUT2D eigenvalue weighted by atomic mass is 10.1. The second-order valence-electron chi connectivity index (χ2n) is 5.49. The Hall–Kier alpha value is -1.43. The van der Waals surface area contributed by atoms with Crippen LogP contribution in [0.15, 0.2) is 30.3 Å². The molecule has 1 aromatic carbocycles. The molecule has 2 rings (SSSR count). The van der Waals surface area contributed by atoms with E-state index < -0.39 is 6.04 Å². The third-order valence-corrected chi connectivity index (χ3v) is 3.67. The van der Waals surface area contributed by atoms with Crippen LogP contribution in [0, 0.1) is 0 Å². The normalized spacial score (nSPS) is 17.4. The topological polar surface area (TPSA) is 67.6 Å². The van der Waals surface area contributed by atoms with Crippen LogP contribution >= 0.6 is 0 Å². The summed E-state index contributed by atoms with van der Waals surface area (Å²) in [5.74, 6) is -0.145. The number of nitrogens with zero attached hydrogens (tertiary/aromatic N) is 1. The quantitative estimate of drug-likeness (QED) is 0.789. The van der Waals surface area contributed by atoms with E-state index in [0.717, 1.165) is 18.7 Å². The number of rotatable bonds is 7. The van der Waals surface area contributed by atoms with E-state index in [-0.39, 0.29) is 12.5 Å². The van der Waals surface area contributed by atoms with Crippen molar-refractivity contribution >= 4 is 5.91 Å². The zero-order valence-electron chi connectivity index (χ0n) is 12.5. The Balaban J connectivity index is 1.60. The number of carbonyl (C=O) groups excluding carboxylic acids is 1. The number of ether oxygens (including phenoxy) is 1. The van der Waals surface area contributed by atoms with E-state index in [9.17, 15) is 4.79 Å². The van der Waals surface area contributed by atoms with Gasteiger partial charge in [0.2, 0.25) is 5.91 Å². The smallest absolute Gasteiger partial charge is 0.240 e. The standard InChI is InChI=1S/C16H25N3O2/c17-15(12-21-11-14-7-3-1-4-8-14)16(20)18-13-19-9-5-2-6-10-19/h1,3-4,7-8,15H,2,5-6,9-13,17H2,(H,18,20)/t15-/m0/s1. The number of amides is 1. The molecule has 21 heavy (non-hydrogen) atoms. The molecule has 1 heterocycles. The largest absolute Gasteiger partial charge is 0.375 e. The van der Waals surface area contributed by atoms with Gasteiger partial charge in [0.25, 0.3) is 0 Å². The van der Waals surface area contributed by atoms with Gasteiger partial charge in [-0.05, 0) is 31.5 Å². The molecule has 1 aromatic rings. The molecule has 0 bridgehead atoms. The molecule has 3 N–H and O–H groups in total. The monoisotopic (exact) mass is 291 g/mol. The molecule has 0 radical (unpaired) electrons. The Morgan fingerprint density at radius 1 is 1.24 bits per heavy atom. The Morgan fingerprint density at radius 2 is 1.95 bits per heavy atom. The Bertz CT molecular complexity index is 419. The van der Waals surface area contributed by atoms with Gasteiger partial charge in [-0.2, -0.15) is 0 Å². The molecule has 116 valence electrons. The first-order chi connectivity index (χ1) is 10.3. The lowest BCUT2D eigenvalue weighted by Crippen LogP contribution is -2.48. The summed E-state index contributed by atoms with van der Waals surface area (Å²) in [5, 5.41) is 2.88. The Morgan fingerprint density at radius 3 is 2.67 bits per heavy atom. The average molecular weight is 291 g/mol. The molecule has 0 saturated carbocycles. The van der Waals surface area contributed by atoms with Crippen LogP contribution in [0.25, 0.3) is 0 Å². The summed E-state index contributed by atoms with van der Waals surface area (Å²) in [4.78, 5) is 14.1. The highest BCUT2D eigenvalue weighted by atomic mass is 16.5. The molecular formula is C16H25N3O2. The van der Waals surface area contributed by atoms with Crippen molar-refractivity contribution in [3.8, 4) is 0 Å². The van der Waals surface area contributed by atoms with Crippen molar-refractivity contribution in [1.29, 1.82) is 0 Å². The highest BCUT2D eigenvalue weighted by Gasteiger charge is 2.15. The van der Waals surface area contributed by atoms with Crippen LogP contribution < -0.4 is 11.1 Å². The van der Waals surface area contributed by atoms with Crippen molar-refractivity contribution in [2.45, 2.75) is 31.9 Å². The minimum Gasteiger partial charge on any atom is -0.375 e. The molecule has 1 saturated heterocycles.